The molecule has 0 atom stereocenters. The lowest BCUT2D eigenvalue weighted by atomic mass is 10.0. The smallest absolute Gasteiger partial charge is 0.272 e. The molecule has 1 aromatic carbocycles. The van der Waals surface area contributed by atoms with Crippen molar-refractivity contribution in [3.05, 3.63) is 47.7 Å². The van der Waals surface area contributed by atoms with Crippen molar-refractivity contribution < 1.29 is 13.6 Å². The van der Waals surface area contributed by atoms with Gasteiger partial charge in [-0.1, -0.05) is 30.3 Å². The molecule has 1 saturated heterocycles. The summed E-state index contributed by atoms with van der Waals surface area (Å²) < 4.78 is 24.6. The molecule has 1 aliphatic heterocycles. The summed E-state index contributed by atoms with van der Waals surface area (Å²) in [5.74, 6) is -0.630. The highest BCUT2D eigenvalue weighted by atomic mass is 19.3. The van der Waals surface area contributed by atoms with Crippen LogP contribution in [0.2, 0.25) is 0 Å². The van der Waals surface area contributed by atoms with Gasteiger partial charge in [-0.2, -0.15) is 0 Å². The van der Waals surface area contributed by atoms with Crippen LogP contribution < -0.4 is 5.32 Å². The van der Waals surface area contributed by atoms with Gasteiger partial charge in [0.1, 0.15) is 5.71 Å². The minimum atomic E-state index is -2.57. The van der Waals surface area contributed by atoms with E-state index in [-0.39, 0.29) is 12.3 Å². The summed E-state index contributed by atoms with van der Waals surface area (Å²) in [4.78, 5) is 12.8. The molecule has 0 saturated carbocycles. The number of piperidine rings is 1. The number of nitrogens with zero attached hydrogens (tertiary/aromatic N) is 1. The van der Waals surface area contributed by atoms with Crippen molar-refractivity contribution in [2.45, 2.75) is 19.4 Å². The van der Waals surface area contributed by atoms with Gasteiger partial charge in [0.25, 0.3) is 12.3 Å². The standard InChI is InChI=1S/C15H17F2N3O/c16-13(17)10-20-7-6-12(14(18)15(20)21)9-19-8-11-4-2-1-3-5-11/h1-5,9,13,18-19H,6-8,10H2/b12-9-,18-14?. The maximum Gasteiger partial charge on any atom is 0.272 e. The fraction of sp³-hybridized carbons (Fsp3) is 0.333. The van der Waals surface area contributed by atoms with E-state index in [0.29, 0.717) is 18.5 Å². The average Bonchev–Trinajstić information content (AvgIpc) is 2.47. The van der Waals surface area contributed by atoms with Crippen LogP contribution in [0.1, 0.15) is 12.0 Å². The Morgan fingerprint density at radius 2 is 2.05 bits per heavy atom. The fourth-order valence-electron chi connectivity index (χ4n) is 2.15. The number of likely N-dealkylation sites (tertiary alicyclic amines) is 1. The van der Waals surface area contributed by atoms with Gasteiger partial charge in [-0.3, -0.25) is 10.2 Å². The number of alkyl halides is 2. The molecule has 1 heterocycles. The Morgan fingerprint density at radius 1 is 1.33 bits per heavy atom. The molecule has 4 nitrogen and oxygen atoms in total. The first-order valence-electron chi connectivity index (χ1n) is 6.70. The van der Waals surface area contributed by atoms with Gasteiger partial charge in [0.15, 0.2) is 0 Å². The van der Waals surface area contributed by atoms with Gasteiger partial charge < -0.3 is 10.2 Å². The zero-order valence-electron chi connectivity index (χ0n) is 11.5. The molecule has 0 aliphatic carbocycles. The molecule has 1 fully saturated rings. The normalized spacial score (nSPS) is 17.7. The van der Waals surface area contributed by atoms with Crippen molar-refractivity contribution in [2.75, 3.05) is 13.1 Å². The summed E-state index contributed by atoms with van der Waals surface area (Å²) >= 11 is 0. The number of hydrogen-bond acceptors (Lipinski definition) is 3. The molecule has 21 heavy (non-hydrogen) atoms. The maximum atomic E-state index is 12.3. The van der Waals surface area contributed by atoms with Crippen molar-refractivity contribution >= 4 is 11.6 Å². The molecule has 0 bridgehead atoms. The second-order valence-electron chi connectivity index (χ2n) is 4.80. The number of nitrogens with one attached hydrogen (secondary N) is 2. The summed E-state index contributed by atoms with van der Waals surface area (Å²) in [6.07, 6.45) is -0.519. The number of carbonyl (C=O) groups is 1. The Hall–Kier alpha value is -2.24. The highest BCUT2D eigenvalue weighted by molar-refractivity contribution is 6.44. The Balaban J connectivity index is 1.91. The fourth-order valence-corrected chi connectivity index (χ4v) is 2.15. The van der Waals surface area contributed by atoms with Crippen molar-refractivity contribution in [1.82, 2.24) is 10.2 Å². The molecule has 6 heteroatoms. The van der Waals surface area contributed by atoms with E-state index in [9.17, 15) is 13.6 Å². The molecule has 0 unspecified atom stereocenters. The molecular weight excluding hydrogens is 276 g/mol. The van der Waals surface area contributed by atoms with E-state index in [1.165, 1.54) is 0 Å². The van der Waals surface area contributed by atoms with Crippen LogP contribution in [-0.4, -0.2) is 36.0 Å². The van der Waals surface area contributed by atoms with Crippen molar-refractivity contribution in [3.63, 3.8) is 0 Å². The monoisotopic (exact) mass is 293 g/mol. The topological polar surface area (TPSA) is 56.2 Å². The Morgan fingerprint density at radius 3 is 2.71 bits per heavy atom. The molecule has 112 valence electrons. The lowest BCUT2D eigenvalue weighted by Gasteiger charge is -2.28. The lowest BCUT2D eigenvalue weighted by Crippen LogP contribution is -2.44. The first kappa shape index (κ1) is 15.2. The highest BCUT2D eigenvalue weighted by Crippen LogP contribution is 2.15. The second kappa shape index (κ2) is 6.97. The van der Waals surface area contributed by atoms with E-state index in [1.807, 2.05) is 30.3 Å². The largest absolute Gasteiger partial charge is 0.387 e. The van der Waals surface area contributed by atoms with E-state index in [0.717, 1.165) is 10.5 Å². The number of benzene rings is 1. The van der Waals surface area contributed by atoms with E-state index in [1.54, 1.807) is 6.20 Å². The van der Waals surface area contributed by atoms with Gasteiger partial charge in [0.2, 0.25) is 0 Å². The molecule has 1 aliphatic rings. The molecule has 0 spiro atoms. The number of amides is 1. The van der Waals surface area contributed by atoms with Crippen LogP contribution in [0.3, 0.4) is 0 Å². The van der Waals surface area contributed by atoms with Gasteiger partial charge in [-0.05, 0) is 12.0 Å². The van der Waals surface area contributed by atoms with Gasteiger partial charge >= 0.3 is 0 Å². The Bertz CT molecular complexity index is 543. The quantitative estimate of drug-likeness (QED) is 0.874. The third-order valence-electron chi connectivity index (χ3n) is 3.26. The minimum absolute atomic E-state index is 0.206. The molecule has 0 radical (unpaired) electrons. The van der Waals surface area contributed by atoms with Crippen LogP contribution >= 0.6 is 0 Å². The van der Waals surface area contributed by atoms with Crippen LogP contribution in [0.25, 0.3) is 0 Å². The predicted molar refractivity (Wildman–Crippen MR) is 76.3 cm³/mol. The van der Waals surface area contributed by atoms with Gasteiger partial charge in [0, 0.05) is 24.9 Å². The number of hydrogen-bond donors (Lipinski definition) is 2. The molecule has 2 rings (SSSR count). The average molecular weight is 293 g/mol. The third-order valence-corrected chi connectivity index (χ3v) is 3.26. The number of carbonyl (C=O) groups excluding carboxylic acids is 1. The van der Waals surface area contributed by atoms with Crippen molar-refractivity contribution in [2.24, 2.45) is 0 Å². The number of rotatable bonds is 5. The summed E-state index contributed by atoms with van der Waals surface area (Å²) in [6, 6.07) is 9.71. The van der Waals surface area contributed by atoms with Crippen molar-refractivity contribution in [1.29, 1.82) is 5.41 Å². The minimum Gasteiger partial charge on any atom is -0.387 e. The van der Waals surface area contributed by atoms with Crippen LogP contribution in [0.4, 0.5) is 8.78 Å². The zero-order chi connectivity index (χ0) is 15.2. The molecule has 1 amide bonds. The van der Waals surface area contributed by atoms with E-state index < -0.39 is 18.9 Å². The first-order chi connectivity index (χ1) is 10.1. The van der Waals surface area contributed by atoms with Gasteiger partial charge in [0.05, 0.1) is 6.54 Å². The van der Waals surface area contributed by atoms with Crippen LogP contribution in [0.5, 0.6) is 0 Å². The SMILES string of the molecule is N=C1C(=O)N(CC(F)F)CC/C1=C/NCc1ccccc1. The maximum absolute atomic E-state index is 12.3. The van der Waals surface area contributed by atoms with Crippen LogP contribution in [0, 0.1) is 5.41 Å². The van der Waals surface area contributed by atoms with Crippen molar-refractivity contribution in [3.8, 4) is 0 Å². The second-order valence-corrected chi connectivity index (χ2v) is 4.80. The third kappa shape index (κ3) is 4.11. The lowest BCUT2D eigenvalue weighted by molar-refractivity contribution is -0.126. The van der Waals surface area contributed by atoms with Crippen LogP contribution in [0.15, 0.2) is 42.1 Å². The van der Waals surface area contributed by atoms with Gasteiger partial charge in [-0.15, -0.1) is 0 Å². The predicted octanol–water partition coefficient (Wildman–Crippen LogP) is 2.18. The first-order valence-corrected chi connectivity index (χ1v) is 6.70. The zero-order valence-corrected chi connectivity index (χ0v) is 11.5. The Labute approximate surface area is 122 Å². The summed E-state index contributed by atoms with van der Waals surface area (Å²) in [5.41, 5.74) is 1.44. The van der Waals surface area contributed by atoms with E-state index in [2.05, 4.69) is 5.32 Å². The Kier molecular flexibility index (Phi) is 5.03. The van der Waals surface area contributed by atoms with Crippen LogP contribution in [-0.2, 0) is 11.3 Å². The van der Waals surface area contributed by atoms with Gasteiger partial charge in [-0.25, -0.2) is 8.78 Å². The molecule has 1 aromatic rings. The molecule has 0 aromatic heterocycles. The summed E-state index contributed by atoms with van der Waals surface area (Å²) in [6.45, 7) is 0.211. The molecular formula is C15H17F2N3O. The summed E-state index contributed by atoms with van der Waals surface area (Å²) in [5, 5.41) is 10.8. The van der Waals surface area contributed by atoms with E-state index >= 15 is 0 Å². The van der Waals surface area contributed by atoms with E-state index in [4.69, 9.17) is 5.41 Å². The highest BCUT2D eigenvalue weighted by Gasteiger charge is 2.28. The summed E-state index contributed by atoms with van der Waals surface area (Å²) in [7, 11) is 0. The number of halogens is 2. The molecule has 2 N–H and O–H groups in total.